The van der Waals surface area contributed by atoms with Gasteiger partial charge in [0.2, 0.25) is 5.91 Å². The van der Waals surface area contributed by atoms with Crippen molar-refractivity contribution in [3.8, 4) is 0 Å². The van der Waals surface area contributed by atoms with Crippen LogP contribution in [0.1, 0.15) is 200 Å². The average Bonchev–Trinajstić information content (AvgIpc) is 3.07. The molecule has 0 bridgehead atoms. The van der Waals surface area contributed by atoms with Gasteiger partial charge in [-0.2, -0.15) is 0 Å². The maximum atomic E-state index is 12.7. The zero-order valence-electron chi connectivity index (χ0n) is 31.5. The van der Waals surface area contributed by atoms with Crippen LogP contribution in [0.4, 0.5) is 0 Å². The van der Waals surface area contributed by atoms with Crippen LogP contribution in [0.3, 0.4) is 0 Å². The van der Waals surface area contributed by atoms with E-state index in [1.165, 1.54) is 141 Å². The Morgan fingerprint density at radius 1 is 0.667 bits per heavy atom. The lowest BCUT2D eigenvalue weighted by Gasteiger charge is -2.23. The molecule has 0 aliphatic carbocycles. The van der Waals surface area contributed by atoms with Crippen molar-refractivity contribution in [3.05, 3.63) is 12.2 Å². The number of aliphatic hydroxyl groups is 1. The summed E-state index contributed by atoms with van der Waals surface area (Å²) in [7, 11) is -4.33. The van der Waals surface area contributed by atoms with Crippen LogP contribution in [0.2, 0.25) is 0 Å². The smallest absolute Gasteiger partial charge is 0.387 e. The van der Waals surface area contributed by atoms with Gasteiger partial charge in [0.15, 0.2) is 0 Å². The van der Waals surface area contributed by atoms with Crippen molar-refractivity contribution < 1.29 is 28.4 Å². The third-order valence-corrected chi connectivity index (χ3v) is 10.1. The first-order valence-corrected chi connectivity index (χ1v) is 21.8. The van der Waals surface area contributed by atoms with E-state index >= 15 is 0 Å². The quantitative estimate of drug-likeness (QED) is 0.0286. The van der Waals surface area contributed by atoms with Crippen LogP contribution >= 0.6 is 7.82 Å². The van der Waals surface area contributed by atoms with Crippen LogP contribution in [0.25, 0.3) is 0 Å². The van der Waals surface area contributed by atoms with E-state index in [0.717, 1.165) is 38.5 Å². The van der Waals surface area contributed by atoms with Crippen LogP contribution < -0.4 is 11.1 Å². The van der Waals surface area contributed by atoms with Gasteiger partial charge in [-0.15, -0.1) is 0 Å². The molecule has 0 heterocycles. The number of phosphoric acid groups is 1. The van der Waals surface area contributed by atoms with Crippen LogP contribution in [-0.2, 0) is 18.4 Å². The fourth-order valence-corrected chi connectivity index (χ4v) is 6.77. The molecule has 9 heteroatoms. The van der Waals surface area contributed by atoms with Crippen molar-refractivity contribution in [2.75, 3.05) is 19.8 Å². The standard InChI is InChI=1S/C39H79N2O6P/c1-3-5-7-9-11-13-15-17-18-19-21-23-25-27-29-31-33-39(43)41-37(36-47-48(44,45)46-35-34-40)38(42)32-30-28-26-24-22-20-16-14-12-10-8-6-4-2/h30,32,37-38,42H,3-29,31,33-36,40H2,1-2H3,(H,41,43)(H,44,45)/b32-30+. The van der Waals surface area contributed by atoms with Gasteiger partial charge in [0, 0.05) is 13.0 Å². The van der Waals surface area contributed by atoms with Crippen molar-refractivity contribution in [2.24, 2.45) is 5.73 Å². The highest BCUT2D eigenvalue weighted by Gasteiger charge is 2.26. The SMILES string of the molecule is CCCCCCCCCCCCC/C=C/C(O)C(COP(=O)(O)OCCN)NC(=O)CCCCCCCCCCCCCCCCCC. The lowest BCUT2D eigenvalue weighted by Crippen LogP contribution is -2.45. The summed E-state index contributed by atoms with van der Waals surface area (Å²) < 4.78 is 22.1. The molecule has 0 saturated heterocycles. The molecule has 3 atom stereocenters. The first-order valence-electron chi connectivity index (χ1n) is 20.3. The maximum Gasteiger partial charge on any atom is 0.472 e. The van der Waals surface area contributed by atoms with Crippen molar-refractivity contribution in [1.29, 1.82) is 0 Å². The molecule has 8 nitrogen and oxygen atoms in total. The van der Waals surface area contributed by atoms with Crippen LogP contribution in [-0.4, -0.2) is 47.8 Å². The number of aliphatic hydroxyl groups excluding tert-OH is 1. The normalized spacial score (nSPS) is 14.4. The molecule has 1 amide bonds. The number of rotatable bonds is 38. The van der Waals surface area contributed by atoms with Gasteiger partial charge in [0.1, 0.15) is 0 Å². The van der Waals surface area contributed by atoms with Gasteiger partial charge in [-0.25, -0.2) is 4.57 Å². The molecular formula is C39H79N2O6P. The molecule has 0 aliphatic heterocycles. The molecule has 3 unspecified atom stereocenters. The highest BCUT2D eigenvalue weighted by molar-refractivity contribution is 7.47. The molecule has 0 spiro atoms. The van der Waals surface area contributed by atoms with E-state index in [1.807, 2.05) is 6.08 Å². The summed E-state index contributed by atoms with van der Waals surface area (Å²) in [5.74, 6) is -0.192. The molecule has 48 heavy (non-hydrogen) atoms. The summed E-state index contributed by atoms with van der Waals surface area (Å²) in [6.45, 7) is 4.14. The summed E-state index contributed by atoms with van der Waals surface area (Å²) in [4.78, 5) is 22.6. The highest BCUT2D eigenvalue weighted by Crippen LogP contribution is 2.43. The van der Waals surface area contributed by atoms with Gasteiger partial charge in [-0.05, 0) is 19.3 Å². The second kappa shape index (κ2) is 36.0. The fourth-order valence-electron chi connectivity index (χ4n) is 6.01. The monoisotopic (exact) mass is 703 g/mol. The van der Waals surface area contributed by atoms with Gasteiger partial charge in [-0.3, -0.25) is 13.8 Å². The van der Waals surface area contributed by atoms with E-state index in [1.54, 1.807) is 6.08 Å². The van der Waals surface area contributed by atoms with Gasteiger partial charge in [0.25, 0.3) is 0 Å². The number of unbranched alkanes of at least 4 members (excludes halogenated alkanes) is 26. The van der Waals surface area contributed by atoms with Gasteiger partial charge in [-0.1, -0.05) is 187 Å². The Hall–Kier alpha value is -0.760. The van der Waals surface area contributed by atoms with Crippen molar-refractivity contribution in [1.82, 2.24) is 5.32 Å². The lowest BCUT2D eigenvalue weighted by atomic mass is 10.0. The molecule has 0 radical (unpaired) electrons. The Kier molecular flexibility index (Phi) is 35.5. The zero-order valence-corrected chi connectivity index (χ0v) is 32.4. The first-order chi connectivity index (χ1) is 23.4. The van der Waals surface area contributed by atoms with Crippen molar-refractivity contribution >= 4 is 13.7 Å². The Bertz CT molecular complexity index is 769. The number of nitrogens with one attached hydrogen (secondary N) is 1. The number of phosphoric ester groups is 1. The van der Waals surface area contributed by atoms with E-state index in [0.29, 0.717) is 6.42 Å². The Balaban J connectivity index is 4.23. The number of hydrogen-bond acceptors (Lipinski definition) is 6. The van der Waals surface area contributed by atoms with E-state index in [-0.39, 0.29) is 25.7 Å². The third kappa shape index (κ3) is 33.7. The van der Waals surface area contributed by atoms with Crippen LogP contribution in [0, 0.1) is 0 Å². The topological polar surface area (TPSA) is 131 Å². The number of amides is 1. The maximum absolute atomic E-state index is 12.7. The molecule has 0 aromatic carbocycles. The molecule has 0 fully saturated rings. The molecule has 5 N–H and O–H groups in total. The van der Waals surface area contributed by atoms with Gasteiger partial charge >= 0.3 is 7.82 Å². The average molecular weight is 703 g/mol. The van der Waals surface area contributed by atoms with Crippen molar-refractivity contribution in [3.63, 3.8) is 0 Å². The summed E-state index contributed by atoms with van der Waals surface area (Å²) in [6, 6.07) is -0.853. The van der Waals surface area contributed by atoms with Crippen LogP contribution in [0.15, 0.2) is 12.2 Å². The number of carbonyl (C=O) groups is 1. The molecular weight excluding hydrogens is 623 g/mol. The van der Waals surface area contributed by atoms with Crippen LogP contribution in [0.5, 0.6) is 0 Å². The molecule has 0 aromatic rings. The first kappa shape index (κ1) is 47.2. The molecule has 0 saturated carbocycles. The third-order valence-electron chi connectivity index (χ3n) is 9.11. The minimum absolute atomic E-state index is 0.0811. The highest BCUT2D eigenvalue weighted by atomic mass is 31.2. The summed E-state index contributed by atoms with van der Waals surface area (Å²) >= 11 is 0. The predicted molar refractivity (Wildman–Crippen MR) is 203 cm³/mol. The summed E-state index contributed by atoms with van der Waals surface area (Å²) in [5.41, 5.74) is 5.36. The number of nitrogens with two attached hydrogens (primary N) is 1. The largest absolute Gasteiger partial charge is 0.472 e. The minimum Gasteiger partial charge on any atom is -0.387 e. The second-order valence-electron chi connectivity index (χ2n) is 13.9. The predicted octanol–water partition coefficient (Wildman–Crippen LogP) is 10.8. The molecule has 0 aliphatic rings. The minimum atomic E-state index is -4.33. The zero-order chi connectivity index (χ0) is 35.4. The molecule has 0 rings (SSSR count). The van der Waals surface area contributed by atoms with Gasteiger partial charge in [0.05, 0.1) is 25.4 Å². The lowest BCUT2D eigenvalue weighted by molar-refractivity contribution is -0.123. The van der Waals surface area contributed by atoms with E-state index < -0.39 is 20.0 Å². The Labute approximate surface area is 296 Å². The van der Waals surface area contributed by atoms with E-state index in [2.05, 4.69) is 19.2 Å². The second-order valence-corrected chi connectivity index (χ2v) is 15.3. The van der Waals surface area contributed by atoms with Gasteiger partial charge < -0.3 is 21.1 Å². The molecule has 0 aromatic heterocycles. The van der Waals surface area contributed by atoms with Crippen molar-refractivity contribution in [2.45, 2.75) is 212 Å². The Morgan fingerprint density at radius 3 is 1.48 bits per heavy atom. The fraction of sp³-hybridized carbons (Fsp3) is 0.923. The van der Waals surface area contributed by atoms with E-state index in [9.17, 15) is 19.4 Å². The molecule has 286 valence electrons. The number of hydrogen-bond donors (Lipinski definition) is 4. The number of allylic oxidation sites excluding steroid dienone is 1. The Morgan fingerprint density at radius 2 is 1.06 bits per heavy atom. The number of carbonyl (C=O) groups excluding carboxylic acids is 1. The van der Waals surface area contributed by atoms with E-state index in [4.69, 9.17) is 14.8 Å². The summed E-state index contributed by atoms with van der Waals surface area (Å²) in [5, 5.41) is 13.6. The summed E-state index contributed by atoms with van der Waals surface area (Å²) in [6.07, 6.45) is 38.2.